The van der Waals surface area contributed by atoms with E-state index in [1.54, 1.807) is 37.3 Å². The van der Waals surface area contributed by atoms with Gasteiger partial charge in [0.1, 0.15) is 6.54 Å². The second kappa shape index (κ2) is 9.85. The Balaban J connectivity index is 1.64. The van der Waals surface area contributed by atoms with Gasteiger partial charge in [-0.3, -0.25) is 9.10 Å². The van der Waals surface area contributed by atoms with E-state index >= 15 is 0 Å². The van der Waals surface area contributed by atoms with Gasteiger partial charge in [0.2, 0.25) is 26.0 Å². The Morgan fingerprint density at radius 3 is 2.12 bits per heavy atom. The zero-order chi connectivity index (χ0) is 23.4. The zero-order valence-electron chi connectivity index (χ0n) is 18.1. The minimum atomic E-state index is -3.67. The molecule has 1 saturated heterocycles. The molecule has 0 spiro atoms. The van der Waals surface area contributed by atoms with Gasteiger partial charge < -0.3 is 4.90 Å². The number of sulfonamides is 2. The Labute approximate surface area is 189 Å². The summed E-state index contributed by atoms with van der Waals surface area (Å²) in [6.07, 6.45) is 2.61. The van der Waals surface area contributed by atoms with Crippen molar-refractivity contribution in [3.63, 3.8) is 0 Å². The fraction of sp³-hybridized carbons (Fsp3) is 0.318. The van der Waals surface area contributed by atoms with Crippen LogP contribution in [0.1, 0.15) is 11.1 Å². The predicted molar refractivity (Wildman–Crippen MR) is 126 cm³/mol. The number of piperazine rings is 1. The summed E-state index contributed by atoms with van der Waals surface area (Å²) in [4.78, 5) is 14.3. The lowest BCUT2D eigenvalue weighted by atomic mass is 10.2. The van der Waals surface area contributed by atoms with E-state index in [1.165, 1.54) is 14.6 Å². The third-order valence-corrected chi connectivity index (χ3v) is 7.94. The number of amides is 1. The lowest BCUT2D eigenvalue weighted by Crippen LogP contribution is -2.52. The molecule has 172 valence electrons. The highest BCUT2D eigenvalue weighted by atomic mass is 32.2. The molecule has 1 fully saturated rings. The highest BCUT2D eigenvalue weighted by Crippen LogP contribution is 2.22. The van der Waals surface area contributed by atoms with Crippen molar-refractivity contribution in [3.05, 3.63) is 71.1 Å². The molecule has 32 heavy (non-hydrogen) atoms. The van der Waals surface area contributed by atoms with E-state index in [0.29, 0.717) is 5.69 Å². The second-order valence-corrected chi connectivity index (χ2v) is 11.3. The number of rotatable bonds is 7. The van der Waals surface area contributed by atoms with Crippen molar-refractivity contribution in [2.45, 2.75) is 6.92 Å². The first-order valence-electron chi connectivity index (χ1n) is 10.1. The molecule has 1 heterocycles. The summed E-state index contributed by atoms with van der Waals surface area (Å²) in [5, 5.41) is 1.17. The molecule has 3 rings (SSSR count). The Kier molecular flexibility index (Phi) is 7.37. The molecule has 0 saturated carbocycles. The van der Waals surface area contributed by atoms with Crippen LogP contribution in [0.3, 0.4) is 0 Å². The van der Waals surface area contributed by atoms with Crippen LogP contribution in [0.2, 0.25) is 0 Å². The van der Waals surface area contributed by atoms with Gasteiger partial charge in [-0.05, 0) is 30.2 Å². The van der Waals surface area contributed by atoms with Gasteiger partial charge in [0.05, 0.1) is 11.9 Å². The molecule has 0 bridgehead atoms. The molecule has 0 aromatic heterocycles. The Morgan fingerprint density at radius 2 is 1.53 bits per heavy atom. The molecule has 2 aromatic carbocycles. The van der Waals surface area contributed by atoms with E-state index < -0.39 is 20.0 Å². The van der Waals surface area contributed by atoms with Gasteiger partial charge in [-0.2, -0.15) is 4.31 Å². The van der Waals surface area contributed by atoms with Gasteiger partial charge in [0.15, 0.2) is 0 Å². The van der Waals surface area contributed by atoms with E-state index in [4.69, 9.17) is 0 Å². The van der Waals surface area contributed by atoms with Gasteiger partial charge in [-0.25, -0.2) is 16.8 Å². The van der Waals surface area contributed by atoms with E-state index in [0.717, 1.165) is 21.7 Å². The smallest absolute Gasteiger partial charge is 0.243 e. The monoisotopic (exact) mass is 477 g/mol. The lowest BCUT2D eigenvalue weighted by Gasteiger charge is -2.34. The number of carbonyl (C=O) groups is 1. The van der Waals surface area contributed by atoms with Crippen LogP contribution in [-0.4, -0.2) is 70.9 Å². The second-order valence-electron chi connectivity index (χ2n) is 7.59. The summed E-state index contributed by atoms with van der Waals surface area (Å²) in [6, 6.07) is 16.1. The first-order valence-corrected chi connectivity index (χ1v) is 13.5. The first kappa shape index (κ1) is 24.0. The van der Waals surface area contributed by atoms with Crippen molar-refractivity contribution in [2.75, 3.05) is 43.3 Å². The lowest BCUT2D eigenvalue weighted by molar-refractivity contribution is -0.130. The number of aryl methyl sites for hydroxylation is 1. The van der Waals surface area contributed by atoms with Gasteiger partial charge >= 0.3 is 0 Å². The molecule has 1 aliphatic rings. The van der Waals surface area contributed by atoms with Crippen molar-refractivity contribution < 1.29 is 21.6 Å². The Morgan fingerprint density at radius 1 is 0.938 bits per heavy atom. The SMILES string of the molecule is Cc1ccccc1N(CC(=O)N1CCN(S(=O)(=O)C=Cc2ccccc2)CC1)S(C)(=O)=O. The van der Waals surface area contributed by atoms with E-state index in [-0.39, 0.29) is 38.6 Å². The Bertz CT molecular complexity index is 1190. The standard InChI is InChI=1S/C22H27N3O5S2/c1-19-8-6-7-11-21(19)25(31(2,27)28)18-22(26)23-13-15-24(16-14-23)32(29,30)17-12-20-9-4-3-5-10-20/h3-12,17H,13-16,18H2,1-2H3. The minimum absolute atomic E-state index is 0.149. The van der Waals surface area contributed by atoms with Crippen LogP contribution < -0.4 is 4.31 Å². The van der Waals surface area contributed by atoms with Crippen LogP contribution in [0.15, 0.2) is 60.0 Å². The fourth-order valence-electron chi connectivity index (χ4n) is 3.45. The molecule has 2 aromatic rings. The number of anilines is 1. The van der Waals surface area contributed by atoms with E-state index in [1.807, 2.05) is 30.3 Å². The van der Waals surface area contributed by atoms with Crippen molar-refractivity contribution in [1.82, 2.24) is 9.21 Å². The van der Waals surface area contributed by atoms with Gasteiger partial charge in [0, 0.05) is 31.6 Å². The number of para-hydroxylation sites is 1. The van der Waals surface area contributed by atoms with Gasteiger partial charge in [-0.1, -0.05) is 48.5 Å². The third-order valence-electron chi connectivity index (χ3n) is 5.25. The average Bonchev–Trinajstić information content (AvgIpc) is 2.77. The summed E-state index contributed by atoms with van der Waals surface area (Å²) in [7, 11) is -7.29. The average molecular weight is 478 g/mol. The molecule has 0 atom stereocenters. The molecule has 1 aliphatic heterocycles. The summed E-state index contributed by atoms with van der Waals surface area (Å²) >= 11 is 0. The largest absolute Gasteiger partial charge is 0.338 e. The summed E-state index contributed by atoms with van der Waals surface area (Å²) in [6.45, 7) is 2.15. The van der Waals surface area contributed by atoms with E-state index in [9.17, 15) is 21.6 Å². The van der Waals surface area contributed by atoms with Gasteiger partial charge in [0.25, 0.3) is 0 Å². The van der Waals surface area contributed by atoms with Crippen LogP contribution >= 0.6 is 0 Å². The maximum absolute atomic E-state index is 12.8. The van der Waals surface area contributed by atoms with Crippen LogP contribution in [0.25, 0.3) is 6.08 Å². The molecule has 0 aliphatic carbocycles. The van der Waals surface area contributed by atoms with Crippen molar-refractivity contribution in [3.8, 4) is 0 Å². The van der Waals surface area contributed by atoms with Crippen LogP contribution in [0.5, 0.6) is 0 Å². The van der Waals surface area contributed by atoms with Crippen LogP contribution in [0, 0.1) is 6.92 Å². The number of hydrogen-bond acceptors (Lipinski definition) is 5. The highest BCUT2D eigenvalue weighted by molar-refractivity contribution is 7.92. The van der Waals surface area contributed by atoms with Crippen molar-refractivity contribution >= 4 is 37.7 Å². The topological polar surface area (TPSA) is 95.1 Å². The molecular weight excluding hydrogens is 450 g/mol. The number of nitrogens with zero attached hydrogens (tertiary/aromatic N) is 3. The maximum atomic E-state index is 12.8. The first-order chi connectivity index (χ1) is 15.1. The minimum Gasteiger partial charge on any atom is -0.338 e. The van der Waals surface area contributed by atoms with Crippen LogP contribution in [-0.2, 0) is 24.8 Å². The van der Waals surface area contributed by atoms with Gasteiger partial charge in [-0.15, -0.1) is 0 Å². The normalized spacial score (nSPS) is 15.8. The fourth-order valence-corrected chi connectivity index (χ4v) is 5.53. The molecule has 10 heteroatoms. The zero-order valence-corrected chi connectivity index (χ0v) is 19.7. The Hall–Kier alpha value is -2.69. The van der Waals surface area contributed by atoms with Crippen molar-refractivity contribution in [2.24, 2.45) is 0 Å². The van der Waals surface area contributed by atoms with Crippen LogP contribution in [0.4, 0.5) is 5.69 Å². The quantitative estimate of drug-likeness (QED) is 0.607. The number of hydrogen-bond donors (Lipinski definition) is 0. The summed E-state index contributed by atoms with van der Waals surface area (Å²) in [5.74, 6) is -0.365. The predicted octanol–water partition coefficient (Wildman–Crippen LogP) is 1.91. The summed E-state index contributed by atoms with van der Waals surface area (Å²) < 4.78 is 52.3. The third kappa shape index (κ3) is 5.96. The molecule has 0 unspecified atom stereocenters. The molecule has 0 N–H and O–H groups in total. The van der Waals surface area contributed by atoms with E-state index in [2.05, 4.69) is 0 Å². The molecule has 8 nitrogen and oxygen atoms in total. The highest BCUT2D eigenvalue weighted by Gasteiger charge is 2.30. The van der Waals surface area contributed by atoms with Crippen molar-refractivity contribution in [1.29, 1.82) is 0 Å². The molecule has 1 amide bonds. The molecular formula is C22H27N3O5S2. The summed E-state index contributed by atoms with van der Waals surface area (Å²) in [5.41, 5.74) is 1.98. The maximum Gasteiger partial charge on any atom is 0.243 e. The number of benzene rings is 2. The molecule has 0 radical (unpaired) electrons. The number of carbonyl (C=O) groups excluding carboxylic acids is 1.